The van der Waals surface area contributed by atoms with Gasteiger partial charge in [-0.25, -0.2) is 4.98 Å². The lowest BCUT2D eigenvalue weighted by molar-refractivity contribution is 0.122. The van der Waals surface area contributed by atoms with Crippen molar-refractivity contribution in [1.29, 1.82) is 5.26 Å². The van der Waals surface area contributed by atoms with Gasteiger partial charge in [0.1, 0.15) is 5.82 Å². The summed E-state index contributed by atoms with van der Waals surface area (Å²) in [5.74, 6) is 0.964. The lowest BCUT2D eigenvalue weighted by atomic mass is 10.0. The Kier molecular flexibility index (Phi) is 3.62. The van der Waals surface area contributed by atoms with E-state index in [1.54, 1.807) is 0 Å². The van der Waals surface area contributed by atoms with Crippen LogP contribution in [-0.2, 0) is 4.74 Å². The van der Waals surface area contributed by atoms with Crippen LogP contribution >= 0.6 is 0 Å². The fraction of sp³-hybridized carbons (Fsp3) is 0.250. The Morgan fingerprint density at radius 3 is 2.80 bits per heavy atom. The van der Waals surface area contributed by atoms with Crippen molar-refractivity contribution in [2.24, 2.45) is 0 Å². The van der Waals surface area contributed by atoms with Crippen LogP contribution in [0.4, 0.5) is 5.82 Å². The number of ether oxygens (including phenoxy) is 1. The average Bonchev–Trinajstić information content (AvgIpc) is 2.56. The first-order valence-electron chi connectivity index (χ1n) is 6.67. The Labute approximate surface area is 118 Å². The van der Waals surface area contributed by atoms with Gasteiger partial charge in [-0.3, -0.25) is 0 Å². The zero-order valence-corrected chi connectivity index (χ0v) is 11.1. The van der Waals surface area contributed by atoms with E-state index in [1.807, 2.05) is 42.6 Å². The molecule has 0 amide bonds. The van der Waals surface area contributed by atoms with E-state index in [1.165, 1.54) is 0 Å². The summed E-state index contributed by atoms with van der Waals surface area (Å²) in [6.45, 7) is 3.16. The number of nitrogens with zero attached hydrogens (tertiary/aromatic N) is 3. The van der Waals surface area contributed by atoms with Crippen LogP contribution in [0, 0.1) is 11.3 Å². The van der Waals surface area contributed by atoms with Gasteiger partial charge in [-0.05, 0) is 29.8 Å². The van der Waals surface area contributed by atoms with E-state index in [-0.39, 0.29) is 0 Å². The minimum Gasteiger partial charge on any atom is -0.378 e. The molecule has 20 heavy (non-hydrogen) atoms. The normalized spacial score (nSPS) is 14.8. The number of hydrogen-bond acceptors (Lipinski definition) is 4. The Hall–Kier alpha value is -2.38. The molecule has 1 aliphatic heterocycles. The Bertz CT molecular complexity index is 642. The molecule has 0 atom stereocenters. The molecule has 0 bridgehead atoms. The SMILES string of the molecule is N#Cc1cccc(-c2cccnc2N2CCOCC2)c1. The van der Waals surface area contributed by atoms with Gasteiger partial charge in [0.15, 0.2) is 0 Å². The standard InChI is InChI=1S/C16H15N3O/c17-12-13-3-1-4-14(11-13)15-5-2-6-18-16(15)19-7-9-20-10-8-19/h1-6,11H,7-10H2. The maximum atomic E-state index is 9.03. The third kappa shape index (κ3) is 2.49. The second-order valence-corrected chi connectivity index (χ2v) is 4.67. The van der Waals surface area contributed by atoms with E-state index in [2.05, 4.69) is 16.0 Å². The van der Waals surface area contributed by atoms with Gasteiger partial charge >= 0.3 is 0 Å². The molecule has 0 radical (unpaired) electrons. The predicted octanol–water partition coefficient (Wildman–Crippen LogP) is 2.46. The first-order chi connectivity index (χ1) is 9.88. The van der Waals surface area contributed by atoms with Crippen molar-refractivity contribution in [1.82, 2.24) is 4.98 Å². The third-order valence-corrected chi connectivity index (χ3v) is 3.40. The molecule has 1 aromatic carbocycles. The summed E-state index contributed by atoms with van der Waals surface area (Å²) in [5.41, 5.74) is 2.75. The molecule has 4 nitrogen and oxygen atoms in total. The topological polar surface area (TPSA) is 49.2 Å². The zero-order valence-electron chi connectivity index (χ0n) is 11.1. The first-order valence-corrected chi connectivity index (χ1v) is 6.67. The minimum absolute atomic E-state index is 0.666. The number of morpholine rings is 1. The van der Waals surface area contributed by atoms with Crippen LogP contribution in [0.1, 0.15) is 5.56 Å². The summed E-state index contributed by atoms with van der Waals surface area (Å²) in [6.07, 6.45) is 1.81. The van der Waals surface area contributed by atoms with Crippen molar-refractivity contribution in [3.63, 3.8) is 0 Å². The molecule has 1 aromatic heterocycles. The summed E-state index contributed by atoms with van der Waals surface area (Å²) >= 11 is 0. The third-order valence-electron chi connectivity index (χ3n) is 3.40. The molecule has 0 saturated carbocycles. The van der Waals surface area contributed by atoms with Crippen LogP contribution in [0.3, 0.4) is 0 Å². The summed E-state index contributed by atoms with van der Waals surface area (Å²) in [7, 11) is 0. The number of pyridine rings is 1. The fourth-order valence-electron chi connectivity index (χ4n) is 2.41. The Morgan fingerprint density at radius 1 is 1.15 bits per heavy atom. The van der Waals surface area contributed by atoms with E-state index < -0.39 is 0 Å². The van der Waals surface area contributed by atoms with Gasteiger partial charge in [-0.2, -0.15) is 5.26 Å². The Balaban J connectivity index is 2.02. The molecule has 4 heteroatoms. The summed E-state index contributed by atoms with van der Waals surface area (Å²) < 4.78 is 5.39. The van der Waals surface area contributed by atoms with Crippen molar-refractivity contribution in [2.75, 3.05) is 31.2 Å². The van der Waals surface area contributed by atoms with Crippen LogP contribution in [0.25, 0.3) is 11.1 Å². The monoisotopic (exact) mass is 265 g/mol. The van der Waals surface area contributed by atoms with Crippen molar-refractivity contribution >= 4 is 5.82 Å². The van der Waals surface area contributed by atoms with Gasteiger partial charge in [-0.1, -0.05) is 12.1 Å². The zero-order chi connectivity index (χ0) is 13.8. The highest BCUT2D eigenvalue weighted by Crippen LogP contribution is 2.29. The van der Waals surface area contributed by atoms with Crippen molar-refractivity contribution < 1.29 is 4.74 Å². The first kappa shape index (κ1) is 12.6. The highest BCUT2D eigenvalue weighted by atomic mass is 16.5. The molecule has 0 aliphatic carbocycles. The van der Waals surface area contributed by atoms with Crippen LogP contribution in [0.5, 0.6) is 0 Å². The quantitative estimate of drug-likeness (QED) is 0.837. The molecule has 3 rings (SSSR count). The molecule has 0 unspecified atom stereocenters. The van der Waals surface area contributed by atoms with Crippen molar-refractivity contribution in [2.45, 2.75) is 0 Å². The van der Waals surface area contributed by atoms with Gasteiger partial charge in [0, 0.05) is 24.8 Å². The number of nitriles is 1. The lowest BCUT2D eigenvalue weighted by Crippen LogP contribution is -2.37. The molecular weight excluding hydrogens is 250 g/mol. The van der Waals surface area contributed by atoms with Gasteiger partial charge in [0.05, 0.1) is 24.8 Å². The molecule has 100 valence electrons. The largest absolute Gasteiger partial charge is 0.378 e. The number of benzene rings is 1. The lowest BCUT2D eigenvalue weighted by Gasteiger charge is -2.29. The molecule has 0 spiro atoms. The van der Waals surface area contributed by atoms with E-state index in [9.17, 15) is 0 Å². The molecule has 0 N–H and O–H groups in total. The Morgan fingerprint density at radius 2 is 2.00 bits per heavy atom. The molecule has 1 fully saturated rings. The average molecular weight is 265 g/mol. The molecule has 1 aliphatic rings. The number of rotatable bonds is 2. The summed E-state index contributed by atoms with van der Waals surface area (Å²) in [6, 6.07) is 13.8. The fourth-order valence-corrected chi connectivity index (χ4v) is 2.41. The highest BCUT2D eigenvalue weighted by molar-refractivity contribution is 5.76. The number of hydrogen-bond donors (Lipinski definition) is 0. The van der Waals surface area contributed by atoms with Crippen molar-refractivity contribution in [3.05, 3.63) is 48.2 Å². The van der Waals surface area contributed by atoms with Crippen LogP contribution < -0.4 is 4.90 Å². The number of anilines is 1. The smallest absolute Gasteiger partial charge is 0.136 e. The van der Waals surface area contributed by atoms with Crippen LogP contribution in [0.15, 0.2) is 42.6 Å². The van der Waals surface area contributed by atoms with Crippen molar-refractivity contribution in [3.8, 4) is 17.2 Å². The van der Waals surface area contributed by atoms with Gasteiger partial charge in [0.25, 0.3) is 0 Å². The van der Waals surface area contributed by atoms with E-state index in [0.29, 0.717) is 5.56 Å². The number of aromatic nitrogens is 1. The van der Waals surface area contributed by atoms with Crippen LogP contribution in [-0.4, -0.2) is 31.3 Å². The summed E-state index contributed by atoms with van der Waals surface area (Å²) in [5, 5.41) is 9.03. The van der Waals surface area contributed by atoms with E-state index >= 15 is 0 Å². The van der Waals surface area contributed by atoms with Gasteiger partial charge in [0.2, 0.25) is 0 Å². The predicted molar refractivity (Wildman–Crippen MR) is 77.4 cm³/mol. The molecular formula is C16H15N3O. The van der Waals surface area contributed by atoms with Crippen LogP contribution in [0.2, 0.25) is 0 Å². The maximum absolute atomic E-state index is 9.03. The summed E-state index contributed by atoms with van der Waals surface area (Å²) in [4.78, 5) is 6.76. The second kappa shape index (κ2) is 5.72. The van der Waals surface area contributed by atoms with Gasteiger partial charge in [-0.15, -0.1) is 0 Å². The maximum Gasteiger partial charge on any atom is 0.136 e. The minimum atomic E-state index is 0.666. The molecule has 2 aromatic rings. The van der Waals surface area contributed by atoms with E-state index in [0.717, 1.165) is 43.2 Å². The van der Waals surface area contributed by atoms with E-state index in [4.69, 9.17) is 10.00 Å². The van der Waals surface area contributed by atoms with Gasteiger partial charge < -0.3 is 9.64 Å². The highest BCUT2D eigenvalue weighted by Gasteiger charge is 2.16. The molecule has 1 saturated heterocycles. The second-order valence-electron chi connectivity index (χ2n) is 4.67. The molecule has 2 heterocycles.